The van der Waals surface area contributed by atoms with Crippen molar-refractivity contribution in [1.29, 1.82) is 0 Å². The van der Waals surface area contributed by atoms with Crippen molar-refractivity contribution in [3.8, 4) is 0 Å². The van der Waals surface area contributed by atoms with Crippen LogP contribution in [0.15, 0.2) is 0 Å². The Kier molecular flexibility index (Phi) is 5.18. The molecule has 96 valence electrons. The third-order valence-corrected chi connectivity index (χ3v) is 2.75. The van der Waals surface area contributed by atoms with Crippen molar-refractivity contribution in [2.45, 2.75) is 45.4 Å². The highest BCUT2D eigenvalue weighted by Crippen LogP contribution is 2.12. The number of hydrogen-bond donors (Lipinski definition) is 1. The number of rotatable bonds is 4. The maximum Gasteiger partial charge on any atom is 0.0933 e. The van der Waals surface area contributed by atoms with E-state index in [-0.39, 0.29) is 18.3 Å². The molecule has 4 nitrogen and oxygen atoms in total. The number of aliphatic hydroxyl groups is 1. The predicted molar refractivity (Wildman–Crippen MR) is 63.6 cm³/mol. The minimum atomic E-state index is -0.0775. The second-order valence-corrected chi connectivity index (χ2v) is 5.44. The van der Waals surface area contributed by atoms with Crippen LogP contribution in [0.2, 0.25) is 0 Å². The minimum Gasteiger partial charge on any atom is -0.394 e. The molecular formula is C12H25NO3. The average molecular weight is 231 g/mol. The smallest absolute Gasteiger partial charge is 0.0933 e. The van der Waals surface area contributed by atoms with Crippen molar-refractivity contribution in [3.63, 3.8) is 0 Å². The summed E-state index contributed by atoms with van der Waals surface area (Å²) in [6, 6.07) is 0.409. The monoisotopic (exact) mass is 231 g/mol. The molecule has 2 unspecified atom stereocenters. The lowest BCUT2D eigenvalue weighted by molar-refractivity contribution is -0.0907. The minimum absolute atomic E-state index is 0.0363. The second kappa shape index (κ2) is 5.96. The van der Waals surface area contributed by atoms with E-state index in [2.05, 4.69) is 32.6 Å². The van der Waals surface area contributed by atoms with E-state index >= 15 is 0 Å². The Morgan fingerprint density at radius 1 is 1.44 bits per heavy atom. The number of morpholine rings is 1. The van der Waals surface area contributed by atoms with Gasteiger partial charge in [-0.05, 0) is 27.7 Å². The third-order valence-electron chi connectivity index (χ3n) is 2.75. The Hall–Kier alpha value is -0.160. The summed E-state index contributed by atoms with van der Waals surface area (Å²) in [5.74, 6) is 0. The molecule has 0 saturated carbocycles. The van der Waals surface area contributed by atoms with Gasteiger partial charge in [-0.25, -0.2) is 0 Å². The number of nitrogens with zero attached hydrogens (tertiary/aromatic N) is 1. The molecule has 1 aliphatic heterocycles. The zero-order valence-corrected chi connectivity index (χ0v) is 10.9. The van der Waals surface area contributed by atoms with Crippen LogP contribution >= 0.6 is 0 Å². The first-order chi connectivity index (χ1) is 7.42. The van der Waals surface area contributed by atoms with Crippen molar-refractivity contribution in [2.24, 2.45) is 0 Å². The van der Waals surface area contributed by atoms with Gasteiger partial charge in [0.1, 0.15) is 0 Å². The predicted octanol–water partition coefficient (Wildman–Crippen LogP) is 0.883. The van der Waals surface area contributed by atoms with Gasteiger partial charge in [0.2, 0.25) is 0 Å². The van der Waals surface area contributed by atoms with Crippen LogP contribution in [0.4, 0.5) is 0 Å². The van der Waals surface area contributed by atoms with E-state index in [0.717, 1.165) is 19.7 Å². The first-order valence-electron chi connectivity index (χ1n) is 6.03. The maximum atomic E-state index is 9.07. The van der Waals surface area contributed by atoms with E-state index in [4.69, 9.17) is 14.6 Å². The lowest BCUT2D eigenvalue weighted by atomic mass is 10.2. The molecule has 0 aromatic heterocycles. The van der Waals surface area contributed by atoms with Crippen LogP contribution < -0.4 is 0 Å². The molecule has 0 radical (unpaired) electrons. The largest absolute Gasteiger partial charge is 0.394 e. The summed E-state index contributed by atoms with van der Waals surface area (Å²) >= 11 is 0. The normalized spacial score (nSPS) is 28.3. The highest BCUT2D eigenvalue weighted by molar-refractivity contribution is 4.77. The Bertz CT molecular complexity index is 203. The average Bonchev–Trinajstić information content (AvgIpc) is 2.19. The number of hydrogen-bond acceptors (Lipinski definition) is 4. The molecule has 0 amide bonds. The van der Waals surface area contributed by atoms with Gasteiger partial charge < -0.3 is 14.6 Å². The molecule has 1 saturated heterocycles. The van der Waals surface area contributed by atoms with Gasteiger partial charge in [0.05, 0.1) is 31.5 Å². The summed E-state index contributed by atoms with van der Waals surface area (Å²) in [5.41, 5.74) is -0.0775. The molecule has 0 aliphatic carbocycles. The molecule has 1 heterocycles. The standard InChI is InChI=1S/C12H25NO3/c1-10-9-15-11(8-14)7-13(10)5-6-16-12(2,3)4/h10-11,14H,5-9H2,1-4H3. The Labute approximate surface area is 98.5 Å². The molecule has 0 bridgehead atoms. The van der Waals surface area contributed by atoms with Gasteiger partial charge in [-0.1, -0.05) is 0 Å². The van der Waals surface area contributed by atoms with Crippen LogP contribution in [0.3, 0.4) is 0 Å². The highest BCUT2D eigenvalue weighted by Gasteiger charge is 2.25. The van der Waals surface area contributed by atoms with E-state index in [1.165, 1.54) is 0 Å². The Morgan fingerprint density at radius 2 is 2.12 bits per heavy atom. The van der Waals surface area contributed by atoms with Crippen LogP contribution in [0.5, 0.6) is 0 Å². The third kappa shape index (κ3) is 4.78. The fraction of sp³-hybridized carbons (Fsp3) is 1.00. The number of aliphatic hydroxyl groups excluding tert-OH is 1. The molecule has 16 heavy (non-hydrogen) atoms. The Balaban J connectivity index is 2.28. The summed E-state index contributed by atoms with van der Waals surface area (Å²) in [5, 5.41) is 9.07. The summed E-state index contributed by atoms with van der Waals surface area (Å²) in [4.78, 5) is 2.32. The molecule has 0 aromatic rings. The van der Waals surface area contributed by atoms with Crippen molar-refractivity contribution < 1.29 is 14.6 Å². The molecule has 2 atom stereocenters. The van der Waals surface area contributed by atoms with E-state index < -0.39 is 0 Å². The van der Waals surface area contributed by atoms with Crippen LogP contribution in [0.1, 0.15) is 27.7 Å². The van der Waals surface area contributed by atoms with Gasteiger partial charge >= 0.3 is 0 Å². The lowest BCUT2D eigenvalue weighted by Crippen LogP contribution is -2.50. The van der Waals surface area contributed by atoms with Crippen molar-refractivity contribution in [2.75, 3.05) is 32.9 Å². The van der Waals surface area contributed by atoms with E-state index in [0.29, 0.717) is 12.6 Å². The van der Waals surface area contributed by atoms with E-state index in [9.17, 15) is 0 Å². The summed E-state index contributed by atoms with van der Waals surface area (Å²) in [7, 11) is 0. The van der Waals surface area contributed by atoms with Gasteiger partial charge in [-0.2, -0.15) is 0 Å². The van der Waals surface area contributed by atoms with Gasteiger partial charge in [0, 0.05) is 19.1 Å². The van der Waals surface area contributed by atoms with Crippen molar-refractivity contribution in [1.82, 2.24) is 4.90 Å². The quantitative estimate of drug-likeness (QED) is 0.780. The first kappa shape index (κ1) is 13.9. The molecule has 4 heteroatoms. The molecule has 0 spiro atoms. The molecule has 1 rings (SSSR count). The molecule has 1 N–H and O–H groups in total. The number of ether oxygens (including phenoxy) is 2. The van der Waals surface area contributed by atoms with Gasteiger partial charge in [0.25, 0.3) is 0 Å². The molecule has 0 aromatic carbocycles. The SMILES string of the molecule is CC1COC(CO)CN1CCOC(C)(C)C. The topological polar surface area (TPSA) is 41.9 Å². The van der Waals surface area contributed by atoms with Crippen LogP contribution in [0, 0.1) is 0 Å². The summed E-state index contributed by atoms with van der Waals surface area (Å²) in [6.45, 7) is 11.6. The Morgan fingerprint density at radius 3 is 2.69 bits per heavy atom. The van der Waals surface area contributed by atoms with E-state index in [1.54, 1.807) is 0 Å². The van der Waals surface area contributed by atoms with Crippen LogP contribution in [0.25, 0.3) is 0 Å². The first-order valence-corrected chi connectivity index (χ1v) is 6.03. The van der Waals surface area contributed by atoms with Crippen molar-refractivity contribution >= 4 is 0 Å². The zero-order chi connectivity index (χ0) is 12.2. The van der Waals surface area contributed by atoms with E-state index in [1.807, 2.05) is 0 Å². The highest BCUT2D eigenvalue weighted by atomic mass is 16.5. The summed E-state index contributed by atoms with van der Waals surface area (Å²) in [6.07, 6.45) is -0.0363. The zero-order valence-electron chi connectivity index (χ0n) is 10.9. The van der Waals surface area contributed by atoms with Gasteiger partial charge in [-0.3, -0.25) is 4.90 Å². The summed E-state index contributed by atoms with van der Waals surface area (Å²) < 4.78 is 11.2. The molecular weight excluding hydrogens is 206 g/mol. The fourth-order valence-corrected chi connectivity index (χ4v) is 1.77. The van der Waals surface area contributed by atoms with Gasteiger partial charge in [0.15, 0.2) is 0 Å². The van der Waals surface area contributed by atoms with Crippen molar-refractivity contribution in [3.05, 3.63) is 0 Å². The molecule has 1 aliphatic rings. The van der Waals surface area contributed by atoms with Crippen LogP contribution in [-0.4, -0.2) is 60.7 Å². The molecule has 1 fully saturated rings. The lowest BCUT2D eigenvalue weighted by Gasteiger charge is -2.37. The second-order valence-electron chi connectivity index (χ2n) is 5.44. The maximum absolute atomic E-state index is 9.07. The fourth-order valence-electron chi connectivity index (χ4n) is 1.77. The van der Waals surface area contributed by atoms with Crippen LogP contribution in [-0.2, 0) is 9.47 Å². The van der Waals surface area contributed by atoms with Gasteiger partial charge in [-0.15, -0.1) is 0 Å².